The monoisotopic (exact) mass is 248 g/mol. The van der Waals surface area contributed by atoms with Crippen molar-refractivity contribution in [2.45, 2.75) is 59.7 Å². The van der Waals surface area contributed by atoms with Crippen LogP contribution in [0.15, 0.2) is 0 Å². The molecule has 0 atom stereocenters. The number of rotatable bonds is 1. The SMILES string of the molecule is CC(C)(C)C(=O)P1(=O)OC(C)(C)C(C)(C)O1. The number of hydrogen-bond donors (Lipinski definition) is 0. The highest BCUT2D eigenvalue weighted by Gasteiger charge is 2.60. The van der Waals surface area contributed by atoms with Gasteiger partial charge in [-0.25, -0.2) is 0 Å². The Hall–Kier alpha value is -0.180. The molecule has 0 aromatic heterocycles. The lowest BCUT2D eigenvalue weighted by molar-refractivity contribution is -0.120. The predicted octanol–water partition coefficient (Wildman–Crippen LogP) is 3.36. The Balaban J connectivity index is 3.11. The van der Waals surface area contributed by atoms with E-state index >= 15 is 0 Å². The van der Waals surface area contributed by atoms with Crippen molar-refractivity contribution < 1.29 is 18.4 Å². The van der Waals surface area contributed by atoms with Gasteiger partial charge in [-0.2, -0.15) is 0 Å². The van der Waals surface area contributed by atoms with E-state index in [-0.39, 0.29) is 0 Å². The maximum atomic E-state index is 12.4. The molecule has 5 heteroatoms. The molecule has 94 valence electrons. The lowest BCUT2D eigenvalue weighted by Crippen LogP contribution is -2.41. The smallest absolute Gasteiger partial charge is 0.294 e. The lowest BCUT2D eigenvalue weighted by Gasteiger charge is -2.29. The van der Waals surface area contributed by atoms with Crippen LogP contribution in [0, 0.1) is 5.41 Å². The first-order valence-corrected chi connectivity index (χ1v) is 6.93. The molecule has 0 N–H and O–H groups in total. The van der Waals surface area contributed by atoms with E-state index < -0.39 is 29.7 Å². The van der Waals surface area contributed by atoms with Gasteiger partial charge in [0, 0.05) is 5.41 Å². The normalized spacial score (nSPS) is 26.7. The number of carbonyl (C=O) groups excluding carboxylic acids is 1. The second-order valence-electron chi connectivity index (χ2n) is 6.26. The number of carbonyl (C=O) groups is 1. The summed E-state index contributed by atoms with van der Waals surface area (Å²) in [7, 11) is -3.66. The molecule has 1 rings (SSSR count). The van der Waals surface area contributed by atoms with Gasteiger partial charge in [-0.05, 0) is 27.7 Å². The molecule has 0 bridgehead atoms. The van der Waals surface area contributed by atoms with Gasteiger partial charge in [0.05, 0.1) is 0 Å². The molecule has 1 aliphatic rings. The highest BCUT2D eigenvalue weighted by atomic mass is 31.2. The fourth-order valence-corrected chi connectivity index (χ4v) is 4.00. The summed E-state index contributed by atoms with van der Waals surface area (Å²) in [6.45, 7) is 12.2. The molecule has 0 amide bonds. The van der Waals surface area contributed by atoms with E-state index in [0.717, 1.165) is 0 Å². The quantitative estimate of drug-likeness (QED) is 0.668. The first-order valence-electron chi connectivity index (χ1n) is 5.38. The molecule has 1 aliphatic heterocycles. The van der Waals surface area contributed by atoms with Crippen LogP contribution < -0.4 is 0 Å². The van der Waals surface area contributed by atoms with Crippen LogP contribution in [-0.2, 0) is 18.4 Å². The van der Waals surface area contributed by atoms with E-state index in [1.807, 2.05) is 0 Å². The molecule has 0 aromatic carbocycles. The molecule has 16 heavy (non-hydrogen) atoms. The maximum Gasteiger partial charge on any atom is 0.398 e. The second-order valence-corrected chi connectivity index (χ2v) is 8.02. The molecule has 0 radical (unpaired) electrons. The van der Waals surface area contributed by atoms with Crippen molar-refractivity contribution in [3.8, 4) is 0 Å². The summed E-state index contributed by atoms with van der Waals surface area (Å²) in [4.78, 5) is 12.1. The Labute approximate surface area is 97.2 Å². The van der Waals surface area contributed by atoms with Crippen LogP contribution in [0.2, 0.25) is 0 Å². The summed E-state index contributed by atoms with van der Waals surface area (Å²) >= 11 is 0. The summed E-state index contributed by atoms with van der Waals surface area (Å²) in [6, 6.07) is 0. The Kier molecular flexibility index (Phi) is 2.96. The minimum Gasteiger partial charge on any atom is -0.294 e. The van der Waals surface area contributed by atoms with Crippen molar-refractivity contribution in [1.29, 1.82) is 0 Å². The Morgan fingerprint density at radius 2 is 1.31 bits per heavy atom. The van der Waals surface area contributed by atoms with E-state index in [4.69, 9.17) is 9.05 Å². The Morgan fingerprint density at radius 1 is 1.00 bits per heavy atom. The molecule has 1 fully saturated rings. The Bertz CT molecular complexity index is 343. The highest BCUT2D eigenvalue weighted by Crippen LogP contribution is 2.66. The predicted molar refractivity (Wildman–Crippen MR) is 62.4 cm³/mol. The van der Waals surface area contributed by atoms with Gasteiger partial charge in [-0.1, -0.05) is 20.8 Å². The van der Waals surface area contributed by atoms with Gasteiger partial charge >= 0.3 is 7.60 Å². The minimum atomic E-state index is -3.66. The van der Waals surface area contributed by atoms with Crippen molar-refractivity contribution >= 4 is 13.1 Å². The first kappa shape index (κ1) is 13.9. The van der Waals surface area contributed by atoms with Crippen LogP contribution in [0.25, 0.3) is 0 Å². The lowest BCUT2D eigenvalue weighted by atomic mass is 9.90. The summed E-state index contributed by atoms with van der Waals surface area (Å²) < 4.78 is 23.2. The van der Waals surface area contributed by atoms with Gasteiger partial charge in [-0.15, -0.1) is 0 Å². The summed E-state index contributed by atoms with van der Waals surface area (Å²) in [5.41, 5.74) is -2.66. The van der Waals surface area contributed by atoms with Crippen LogP contribution in [0.1, 0.15) is 48.5 Å². The van der Waals surface area contributed by atoms with Crippen LogP contribution in [0.5, 0.6) is 0 Å². The van der Waals surface area contributed by atoms with Crippen molar-refractivity contribution in [1.82, 2.24) is 0 Å². The molecule has 1 heterocycles. The van der Waals surface area contributed by atoms with Gasteiger partial charge in [-0.3, -0.25) is 18.4 Å². The van der Waals surface area contributed by atoms with Crippen LogP contribution >= 0.6 is 7.60 Å². The summed E-state index contributed by atoms with van der Waals surface area (Å²) in [5, 5.41) is 0. The van der Waals surface area contributed by atoms with Crippen LogP contribution in [0.3, 0.4) is 0 Å². The largest absolute Gasteiger partial charge is 0.398 e. The third kappa shape index (κ3) is 2.11. The zero-order valence-corrected chi connectivity index (χ0v) is 12.0. The molecular weight excluding hydrogens is 227 g/mol. The van der Waals surface area contributed by atoms with Gasteiger partial charge in [0.1, 0.15) is 11.2 Å². The third-order valence-electron chi connectivity index (χ3n) is 3.04. The molecule has 0 saturated carbocycles. The molecule has 0 aromatic rings. The standard InChI is InChI=1S/C11H21O4P/c1-9(2,3)8(12)16(13)14-10(4,5)11(6,7)15-16/h1-7H3. The van der Waals surface area contributed by atoms with E-state index in [1.165, 1.54) is 0 Å². The average molecular weight is 248 g/mol. The minimum absolute atomic E-state index is 0.460. The van der Waals surface area contributed by atoms with Crippen molar-refractivity contribution in [2.24, 2.45) is 5.41 Å². The van der Waals surface area contributed by atoms with Crippen LogP contribution in [0.4, 0.5) is 0 Å². The fourth-order valence-electron chi connectivity index (χ4n) is 1.33. The highest BCUT2D eigenvalue weighted by molar-refractivity contribution is 7.72. The van der Waals surface area contributed by atoms with E-state index in [9.17, 15) is 9.36 Å². The molecule has 0 aliphatic carbocycles. The fraction of sp³-hybridized carbons (Fsp3) is 0.909. The zero-order chi connectivity index (χ0) is 13.0. The number of hydrogen-bond acceptors (Lipinski definition) is 4. The van der Waals surface area contributed by atoms with Crippen molar-refractivity contribution in [3.63, 3.8) is 0 Å². The molecule has 0 spiro atoms. The van der Waals surface area contributed by atoms with Crippen LogP contribution in [-0.4, -0.2) is 16.7 Å². The van der Waals surface area contributed by atoms with E-state index in [1.54, 1.807) is 48.5 Å². The molecule has 4 nitrogen and oxygen atoms in total. The second kappa shape index (κ2) is 3.41. The molecule has 1 saturated heterocycles. The van der Waals surface area contributed by atoms with Crippen molar-refractivity contribution in [2.75, 3.05) is 0 Å². The maximum absolute atomic E-state index is 12.4. The zero-order valence-electron chi connectivity index (χ0n) is 11.1. The Morgan fingerprint density at radius 3 is 1.56 bits per heavy atom. The molecule has 0 unspecified atom stereocenters. The van der Waals surface area contributed by atoms with Gasteiger partial charge in [0.15, 0.2) is 0 Å². The average Bonchev–Trinajstić information content (AvgIpc) is 2.13. The van der Waals surface area contributed by atoms with Gasteiger partial charge in [0.25, 0.3) is 0 Å². The summed E-state index contributed by atoms with van der Waals surface area (Å²) in [5.74, 6) is 0. The van der Waals surface area contributed by atoms with E-state index in [0.29, 0.717) is 0 Å². The third-order valence-corrected chi connectivity index (χ3v) is 5.60. The van der Waals surface area contributed by atoms with Gasteiger partial charge < -0.3 is 0 Å². The first-order chi connectivity index (χ1) is 6.82. The van der Waals surface area contributed by atoms with E-state index in [2.05, 4.69) is 0 Å². The topological polar surface area (TPSA) is 52.6 Å². The molecular formula is C11H21O4P. The van der Waals surface area contributed by atoms with Gasteiger partial charge in [0.2, 0.25) is 5.52 Å². The summed E-state index contributed by atoms with van der Waals surface area (Å²) in [6.07, 6.45) is 0. The van der Waals surface area contributed by atoms with Crippen molar-refractivity contribution in [3.05, 3.63) is 0 Å².